The van der Waals surface area contributed by atoms with Gasteiger partial charge in [-0.05, 0) is 29.8 Å². The van der Waals surface area contributed by atoms with Crippen LogP contribution >= 0.6 is 0 Å². The number of halogens is 1. The molecule has 32 heavy (non-hydrogen) atoms. The molecule has 160 valence electrons. The first-order chi connectivity index (χ1) is 15.6. The highest BCUT2D eigenvalue weighted by molar-refractivity contribution is 5.99. The number of benzene rings is 2. The number of hydrogen-bond donors (Lipinski definition) is 0. The number of nitrogens with zero attached hydrogens (tertiary/aromatic N) is 4. The van der Waals surface area contributed by atoms with E-state index in [9.17, 15) is 4.79 Å². The van der Waals surface area contributed by atoms with Gasteiger partial charge in [-0.15, -0.1) is 0 Å². The smallest absolute Gasteiger partial charge is 0.246 e. The standard InChI is InChI=1S/C26H23FN4O/c1-3-23(32)31-13-11-30(12-14-31)22-9-10-28-26-21(22)16-29-25(24(26)27)20-6-4-5-18-15-17(2)7-8-19(18)20/h3-10,15-16H,1,11-14H2,2H3. The molecule has 1 saturated heterocycles. The summed E-state index contributed by atoms with van der Waals surface area (Å²) < 4.78 is 15.7. The van der Waals surface area contributed by atoms with Gasteiger partial charge in [0, 0.05) is 55.2 Å². The molecule has 0 saturated carbocycles. The summed E-state index contributed by atoms with van der Waals surface area (Å²) in [6, 6.07) is 13.9. The first-order valence-corrected chi connectivity index (χ1v) is 10.7. The van der Waals surface area contributed by atoms with E-state index in [1.807, 2.05) is 43.3 Å². The molecule has 0 atom stereocenters. The van der Waals surface area contributed by atoms with Crippen molar-refractivity contribution >= 4 is 33.3 Å². The van der Waals surface area contributed by atoms with E-state index >= 15 is 4.39 Å². The van der Waals surface area contributed by atoms with Gasteiger partial charge in [-0.1, -0.05) is 48.5 Å². The molecule has 0 spiro atoms. The maximum atomic E-state index is 15.7. The highest BCUT2D eigenvalue weighted by atomic mass is 19.1. The minimum atomic E-state index is -0.419. The number of amides is 1. The first-order valence-electron chi connectivity index (χ1n) is 10.7. The van der Waals surface area contributed by atoms with Crippen molar-refractivity contribution in [1.29, 1.82) is 0 Å². The van der Waals surface area contributed by atoms with E-state index in [0.717, 1.165) is 27.6 Å². The number of pyridine rings is 2. The molecule has 0 unspecified atom stereocenters. The maximum absolute atomic E-state index is 15.7. The van der Waals surface area contributed by atoms with Crippen LogP contribution in [-0.4, -0.2) is 47.0 Å². The van der Waals surface area contributed by atoms with Gasteiger partial charge in [-0.2, -0.15) is 0 Å². The van der Waals surface area contributed by atoms with Crippen LogP contribution in [0, 0.1) is 12.7 Å². The predicted molar refractivity (Wildman–Crippen MR) is 126 cm³/mol. The van der Waals surface area contributed by atoms with E-state index < -0.39 is 5.82 Å². The van der Waals surface area contributed by atoms with Gasteiger partial charge in [-0.25, -0.2) is 4.39 Å². The van der Waals surface area contributed by atoms with Crippen molar-refractivity contribution in [3.8, 4) is 11.3 Å². The van der Waals surface area contributed by atoms with Crippen LogP contribution in [0.25, 0.3) is 32.9 Å². The molecule has 0 aliphatic carbocycles. The van der Waals surface area contributed by atoms with Crippen LogP contribution in [-0.2, 0) is 4.79 Å². The number of piperazine rings is 1. The van der Waals surface area contributed by atoms with Crippen molar-refractivity contribution in [2.45, 2.75) is 6.92 Å². The number of aryl methyl sites for hydroxylation is 1. The second kappa shape index (κ2) is 8.04. The lowest BCUT2D eigenvalue weighted by Crippen LogP contribution is -2.48. The Kier molecular flexibility index (Phi) is 5.05. The Hall–Kier alpha value is -3.80. The molecule has 0 bridgehead atoms. The third kappa shape index (κ3) is 3.38. The summed E-state index contributed by atoms with van der Waals surface area (Å²) in [6.07, 6.45) is 4.69. The monoisotopic (exact) mass is 426 g/mol. The summed E-state index contributed by atoms with van der Waals surface area (Å²) in [4.78, 5) is 24.7. The Morgan fingerprint density at radius 3 is 2.66 bits per heavy atom. The molecule has 1 aliphatic heterocycles. The molecule has 0 N–H and O–H groups in total. The Balaban J connectivity index is 1.56. The van der Waals surface area contributed by atoms with Gasteiger partial charge >= 0.3 is 0 Å². The largest absolute Gasteiger partial charge is 0.367 e. The van der Waals surface area contributed by atoms with Gasteiger partial charge in [0.25, 0.3) is 0 Å². The third-order valence-corrected chi connectivity index (χ3v) is 6.10. The first kappa shape index (κ1) is 20.1. The van der Waals surface area contributed by atoms with Gasteiger partial charge in [-0.3, -0.25) is 14.8 Å². The van der Waals surface area contributed by atoms with Crippen LogP contribution in [0.15, 0.2) is 67.5 Å². The van der Waals surface area contributed by atoms with Crippen LogP contribution < -0.4 is 4.90 Å². The molecule has 1 amide bonds. The normalized spacial score (nSPS) is 14.2. The molecular weight excluding hydrogens is 403 g/mol. The lowest BCUT2D eigenvalue weighted by molar-refractivity contribution is -0.126. The second-order valence-corrected chi connectivity index (χ2v) is 8.06. The SMILES string of the molecule is C=CC(=O)N1CCN(c2ccnc3c(F)c(-c4cccc5cc(C)ccc45)ncc23)CC1. The topological polar surface area (TPSA) is 49.3 Å². The molecule has 2 aromatic carbocycles. The zero-order valence-electron chi connectivity index (χ0n) is 17.9. The average Bonchev–Trinajstić information content (AvgIpc) is 2.83. The van der Waals surface area contributed by atoms with E-state index in [1.165, 1.54) is 6.08 Å². The van der Waals surface area contributed by atoms with Crippen LogP contribution in [0.4, 0.5) is 10.1 Å². The number of hydrogen-bond acceptors (Lipinski definition) is 4. The van der Waals surface area contributed by atoms with Crippen molar-refractivity contribution in [3.05, 3.63) is 78.9 Å². The van der Waals surface area contributed by atoms with Crippen molar-refractivity contribution < 1.29 is 9.18 Å². The minimum Gasteiger partial charge on any atom is -0.367 e. The Morgan fingerprint density at radius 2 is 1.88 bits per heavy atom. The molecule has 2 aromatic heterocycles. The van der Waals surface area contributed by atoms with Crippen molar-refractivity contribution in [3.63, 3.8) is 0 Å². The molecule has 5 rings (SSSR count). The molecule has 4 aromatic rings. The Bertz CT molecular complexity index is 1360. The van der Waals surface area contributed by atoms with E-state index in [2.05, 4.69) is 27.5 Å². The van der Waals surface area contributed by atoms with Crippen LogP contribution in [0.3, 0.4) is 0 Å². The number of carbonyl (C=O) groups is 1. The minimum absolute atomic E-state index is 0.0631. The number of fused-ring (bicyclic) bond motifs is 2. The summed E-state index contributed by atoms with van der Waals surface area (Å²) in [5.74, 6) is -0.482. The zero-order chi connectivity index (χ0) is 22.2. The number of anilines is 1. The van der Waals surface area contributed by atoms with Gasteiger partial charge in [0.15, 0.2) is 5.82 Å². The van der Waals surface area contributed by atoms with Crippen molar-refractivity contribution in [2.75, 3.05) is 31.1 Å². The van der Waals surface area contributed by atoms with E-state index in [0.29, 0.717) is 42.8 Å². The number of aromatic nitrogens is 2. The molecular formula is C26H23FN4O. The zero-order valence-corrected chi connectivity index (χ0v) is 17.9. The molecule has 1 aliphatic rings. The lowest BCUT2D eigenvalue weighted by atomic mass is 9.99. The Labute approximate surface area is 185 Å². The van der Waals surface area contributed by atoms with E-state index in [-0.39, 0.29) is 5.91 Å². The van der Waals surface area contributed by atoms with Crippen LogP contribution in [0.5, 0.6) is 0 Å². The summed E-state index contributed by atoms with van der Waals surface area (Å²) in [7, 11) is 0. The van der Waals surface area contributed by atoms with Crippen LogP contribution in [0.1, 0.15) is 5.56 Å². The number of rotatable bonds is 3. The average molecular weight is 426 g/mol. The fraction of sp³-hybridized carbons (Fsp3) is 0.192. The third-order valence-electron chi connectivity index (χ3n) is 6.10. The molecule has 6 heteroatoms. The summed E-state index contributed by atoms with van der Waals surface area (Å²) in [5.41, 5.74) is 3.40. The summed E-state index contributed by atoms with van der Waals surface area (Å²) in [6.45, 7) is 8.10. The van der Waals surface area contributed by atoms with Crippen molar-refractivity contribution in [1.82, 2.24) is 14.9 Å². The fourth-order valence-electron chi connectivity index (χ4n) is 4.43. The Morgan fingerprint density at radius 1 is 1.06 bits per heavy atom. The van der Waals surface area contributed by atoms with E-state index in [1.54, 1.807) is 17.3 Å². The van der Waals surface area contributed by atoms with E-state index in [4.69, 9.17) is 0 Å². The molecule has 1 fully saturated rings. The highest BCUT2D eigenvalue weighted by Crippen LogP contribution is 2.34. The second-order valence-electron chi connectivity index (χ2n) is 8.06. The highest BCUT2D eigenvalue weighted by Gasteiger charge is 2.23. The molecule has 5 nitrogen and oxygen atoms in total. The van der Waals surface area contributed by atoms with Gasteiger partial charge in [0.1, 0.15) is 11.2 Å². The quantitative estimate of drug-likeness (QED) is 0.445. The lowest BCUT2D eigenvalue weighted by Gasteiger charge is -2.36. The van der Waals surface area contributed by atoms with Crippen molar-refractivity contribution in [2.24, 2.45) is 0 Å². The summed E-state index contributed by atoms with van der Waals surface area (Å²) in [5, 5.41) is 2.69. The number of carbonyl (C=O) groups excluding carboxylic acids is 1. The van der Waals surface area contributed by atoms with Crippen LogP contribution in [0.2, 0.25) is 0 Å². The summed E-state index contributed by atoms with van der Waals surface area (Å²) >= 11 is 0. The molecule has 3 heterocycles. The molecule has 0 radical (unpaired) electrons. The maximum Gasteiger partial charge on any atom is 0.246 e. The predicted octanol–water partition coefficient (Wildman–Crippen LogP) is 4.73. The fourth-order valence-corrected chi connectivity index (χ4v) is 4.43. The van der Waals surface area contributed by atoms with Gasteiger partial charge < -0.3 is 9.80 Å². The van der Waals surface area contributed by atoms with Gasteiger partial charge in [0.05, 0.1) is 0 Å². The van der Waals surface area contributed by atoms with Gasteiger partial charge in [0.2, 0.25) is 5.91 Å².